The molecule has 0 fully saturated rings. The molecule has 11 aromatic rings. The molecule has 0 unspecified atom stereocenters. The fourth-order valence-electron chi connectivity index (χ4n) is 9.26. The van der Waals surface area contributed by atoms with E-state index in [1.807, 2.05) is 72.8 Å². The summed E-state index contributed by atoms with van der Waals surface area (Å²) in [6.07, 6.45) is -4.48. The first-order valence-electron chi connectivity index (χ1n) is 19.8. The molecule has 292 valence electrons. The van der Waals surface area contributed by atoms with Gasteiger partial charge in [-0.25, -0.2) is 13.2 Å². The summed E-state index contributed by atoms with van der Waals surface area (Å²) in [5.41, 5.74) is 4.92. The van der Waals surface area contributed by atoms with Gasteiger partial charge in [0.25, 0.3) is 0 Å². The molecule has 0 N–H and O–H groups in total. The number of benzene rings is 11. The van der Waals surface area contributed by atoms with Crippen molar-refractivity contribution in [3.05, 3.63) is 205 Å². The van der Waals surface area contributed by atoms with Gasteiger partial charge in [0, 0.05) is 0 Å². The Morgan fingerprint density at radius 1 is 0.295 bits per heavy atom. The summed E-state index contributed by atoms with van der Waals surface area (Å²) >= 11 is 0. The summed E-state index contributed by atoms with van der Waals surface area (Å²) in [5.74, 6) is -4.10. The summed E-state index contributed by atoms with van der Waals surface area (Å²) in [7, 11) is 0. The van der Waals surface area contributed by atoms with Gasteiger partial charge in [0.15, 0.2) is 17.5 Å². The van der Waals surface area contributed by atoms with Gasteiger partial charge >= 0.3 is 6.18 Å². The molecular formula is C55H30F6. The van der Waals surface area contributed by atoms with Crippen LogP contribution in [0.25, 0.3) is 109 Å². The number of hydrogen-bond acceptors (Lipinski definition) is 0. The van der Waals surface area contributed by atoms with Crippen LogP contribution in [0.4, 0.5) is 26.3 Å². The molecule has 0 amide bonds. The van der Waals surface area contributed by atoms with Crippen LogP contribution in [0.15, 0.2) is 182 Å². The average Bonchev–Trinajstić information content (AvgIpc) is 3.29. The molecule has 0 radical (unpaired) electrons. The molecule has 0 heterocycles. The predicted molar refractivity (Wildman–Crippen MR) is 238 cm³/mol. The van der Waals surface area contributed by atoms with Gasteiger partial charge in [-0.05, 0) is 158 Å². The van der Waals surface area contributed by atoms with Gasteiger partial charge in [0.2, 0.25) is 0 Å². The Bertz CT molecular complexity index is 3580. The van der Waals surface area contributed by atoms with E-state index in [1.165, 1.54) is 12.1 Å². The zero-order valence-electron chi connectivity index (χ0n) is 32.1. The van der Waals surface area contributed by atoms with Crippen molar-refractivity contribution in [2.45, 2.75) is 6.18 Å². The number of alkyl halides is 3. The fourth-order valence-corrected chi connectivity index (χ4v) is 9.26. The second-order valence-corrected chi connectivity index (χ2v) is 15.5. The molecule has 11 aromatic carbocycles. The molecule has 0 saturated carbocycles. The summed E-state index contributed by atoms with van der Waals surface area (Å²) in [6.45, 7) is 0. The van der Waals surface area contributed by atoms with E-state index in [1.54, 1.807) is 6.07 Å². The molecular weight excluding hydrogens is 775 g/mol. The Morgan fingerprint density at radius 2 is 0.689 bits per heavy atom. The zero-order valence-corrected chi connectivity index (χ0v) is 32.1. The van der Waals surface area contributed by atoms with Crippen molar-refractivity contribution in [3.8, 4) is 44.5 Å². The van der Waals surface area contributed by atoms with Crippen LogP contribution in [-0.4, -0.2) is 0 Å². The second kappa shape index (κ2) is 13.8. The number of hydrogen-bond donors (Lipinski definition) is 0. The van der Waals surface area contributed by atoms with Crippen LogP contribution in [0.2, 0.25) is 0 Å². The van der Waals surface area contributed by atoms with Crippen molar-refractivity contribution in [2.75, 3.05) is 0 Å². The molecule has 0 aliphatic rings. The Kier molecular flexibility index (Phi) is 8.30. The Balaban J connectivity index is 1.34. The molecule has 11 rings (SSSR count). The van der Waals surface area contributed by atoms with Gasteiger partial charge in [0.05, 0.1) is 5.56 Å². The van der Waals surface area contributed by atoms with Crippen LogP contribution in [0.1, 0.15) is 5.56 Å². The molecule has 0 bridgehead atoms. The molecule has 0 spiro atoms. The molecule has 0 aliphatic carbocycles. The van der Waals surface area contributed by atoms with Crippen LogP contribution >= 0.6 is 0 Å². The Morgan fingerprint density at radius 3 is 1.15 bits per heavy atom. The minimum absolute atomic E-state index is 0.183. The molecule has 61 heavy (non-hydrogen) atoms. The standard InChI is InChI=1S/C55H30F6/c56-50-29-36(30-51(57)54(50)58)33-20-24-45-49(26-33)53(47-28-35-10-2-4-12-39(35)41-14-6-8-16-43(41)47)44-23-19-32(31-17-21-37(22-18-31)55(59,60)61)25-48(44)52(45)46-27-34-9-1-3-11-38(34)40-13-5-7-15-42(40)46/h1-30H. The highest BCUT2D eigenvalue weighted by Gasteiger charge is 2.30. The van der Waals surface area contributed by atoms with Crippen molar-refractivity contribution in [1.82, 2.24) is 0 Å². The highest BCUT2D eigenvalue weighted by Crippen LogP contribution is 2.50. The first kappa shape index (κ1) is 36.6. The van der Waals surface area contributed by atoms with Crippen LogP contribution in [0, 0.1) is 17.5 Å². The highest BCUT2D eigenvalue weighted by atomic mass is 19.4. The van der Waals surface area contributed by atoms with Crippen LogP contribution in [-0.2, 0) is 6.18 Å². The third-order valence-electron chi connectivity index (χ3n) is 12.1. The van der Waals surface area contributed by atoms with Crippen molar-refractivity contribution >= 4 is 64.6 Å². The van der Waals surface area contributed by atoms with Gasteiger partial charge < -0.3 is 0 Å². The summed E-state index contributed by atoms with van der Waals surface area (Å²) in [4.78, 5) is 0. The smallest absolute Gasteiger partial charge is 0.204 e. The third-order valence-corrected chi connectivity index (χ3v) is 12.1. The van der Waals surface area contributed by atoms with E-state index in [4.69, 9.17) is 0 Å². The van der Waals surface area contributed by atoms with Crippen LogP contribution in [0.5, 0.6) is 0 Å². The summed E-state index contributed by atoms with van der Waals surface area (Å²) in [5, 5.41) is 11.7. The minimum atomic E-state index is -4.48. The molecule has 0 aromatic heterocycles. The third kappa shape index (κ3) is 5.93. The highest BCUT2D eigenvalue weighted by molar-refractivity contribution is 6.29. The molecule has 0 saturated heterocycles. The van der Waals surface area contributed by atoms with Crippen molar-refractivity contribution < 1.29 is 26.3 Å². The molecule has 0 atom stereocenters. The zero-order chi connectivity index (χ0) is 41.6. The molecule has 0 aliphatic heterocycles. The van der Waals surface area contributed by atoms with E-state index >= 15 is 0 Å². The Labute approximate surface area is 345 Å². The topological polar surface area (TPSA) is 0 Å². The van der Waals surface area contributed by atoms with E-state index < -0.39 is 29.2 Å². The van der Waals surface area contributed by atoms with Crippen LogP contribution < -0.4 is 0 Å². The van der Waals surface area contributed by atoms with Gasteiger partial charge in [-0.1, -0.05) is 133 Å². The maximum Gasteiger partial charge on any atom is 0.416 e. The van der Waals surface area contributed by atoms with Crippen molar-refractivity contribution in [1.29, 1.82) is 0 Å². The van der Waals surface area contributed by atoms with Gasteiger partial charge in [-0.2, -0.15) is 13.2 Å². The van der Waals surface area contributed by atoms with Crippen LogP contribution in [0.3, 0.4) is 0 Å². The second-order valence-electron chi connectivity index (χ2n) is 15.5. The maximum atomic E-state index is 14.9. The first-order chi connectivity index (χ1) is 29.6. The quantitative estimate of drug-likeness (QED) is 0.0719. The fraction of sp³-hybridized carbons (Fsp3) is 0.0182. The largest absolute Gasteiger partial charge is 0.416 e. The lowest BCUT2D eigenvalue weighted by Gasteiger charge is -2.22. The summed E-state index contributed by atoms with van der Waals surface area (Å²) < 4.78 is 85.2. The SMILES string of the molecule is Fc1cc(-c2ccc3c(-c4cc5ccccc5c5ccccc45)c4cc(-c5ccc(C(F)(F)F)cc5)ccc4c(-c4cc5ccccc5c5ccccc45)c3c2)cc(F)c1F. The van der Waals surface area contributed by atoms with E-state index in [0.717, 1.165) is 117 Å². The van der Waals surface area contributed by atoms with Gasteiger partial charge in [0.1, 0.15) is 0 Å². The lowest BCUT2D eigenvalue weighted by Crippen LogP contribution is -2.03. The summed E-state index contributed by atoms with van der Waals surface area (Å²) in [6, 6.07) is 56.1. The Hall–Kier alpha value is -7.44. The van der Waals surface area contributed by atoms with E-state index in [-0.39, 0.29) is 5.56 Å². The maximum absolute atomic E-state index is 14.9. The number of rotatable bonds is 4. The van der Waals surface area contributed by atoms with Gasteiger partial charge in [-0.3, -0.25) is 0 Å². The number of halogens is 6. The predicted octanol–water partition coefficient (Wildman–Crippen LogP) is 16.7. The van der Waals surface area contributed by atoms with E-state index in [2.05, 4.69) is 66.7 Å². The average molecular weight is 805 g/mol. The normalized spacial score (nSPS) is 12.1. The monoisotopic (exact) mass is 804 g/mol. The van der Waals surface area contributed by atoms with Gasteiger partial charge in [-0.15, -0.1) is 0 Å². The minimum Gasteiger partial charge on any atom is -0.204 e. The van der Waals surface area contributed by atoms with Crippen molar-refractivity contribution in [2.24, 2.45) is 0 Å². The van der Waals surface area contributed by atoms with Crippen molar-refractivity contribution in [3.63, 3.8) is 0 Å². The number of fused-ring (bicyclic) bond motifs is 8. The molecule has 0 nitrogen and oxygen atoms in total. The lowest BCUT2D eigenvalue weighted by molar-refractivity contribution is -0.137. The molecule has 6 heteroatoms. The van der Waals surface area contributed by atoms with E-state index in [0.29, 0.717) is 11.1 Å². The lowest BCUT2D eigenvalue weighted by atomic mass is 9.81. The van der Waals surface area contributed by atoms with E-state index in [9.17, 15) is 26.3 Å². The first-order valence-corrected chi connectivity index (χ1v) is 19.8.